The van der Waals surface area contributed by atoms with Gasteiger partial charge in [-0.05, 0) is 43.9 Å². The third-order valence-corrected chi connectivity index (χ3v) is 4.76. The van der Waals surface area contributed by atoms with Gasteiger partial charge in [0.1, 0.15) is 0 Å². The van der Waals surface area contributed by atoms with Crippen molar-refractivity contribution in [1.29, 1.82) is 0 Å². The van der Waals surface area contributed by atoms with E-state index in [1.807, 2.05) is 61.5 Å². The third-order valence-electron chi connectivity index (χ3n) is 4.51. The van der Waals surface area contributed by atoms with E-state index in [1.54, 1.807) is 12.1 Å². The molecule has 0 aliphatic rings. The Morgan fingerprint density at radius 3 is 2.45 bits per heavy atom. The maximum atomic E-state index is 12.9. The molecule has 152 valence electrons. The van der Waals surface area contributed by atoms with Gasteiger partial charge in [0.2, 0.25) is 17.6 Å². The highest BCUT2D eigenvalue weighted by atomic mass is 35.5. The molecule has 1 amide bonds. The highest BCUT2D eigenvalue weighted by molar-refractivity contribution is 6.30. The number of halogens is 1. The van der Waals surface area contributed by atoms with Crippen LogP contribution in [0.15, 0.2) is 59.1 Å². The lowest BCUT2D eigenvalue weighted by Gasteiger charge is -2.24. The van der Waals surface area contributed by atoms with Gasteiger partial charge in [-0.25, -0.2) is 0 Å². The molecule has 0 radical (unpaired) electrons. The lowest BCUT2D eigenvalue weighted by molar-refractivity contribution is -0.132. The molecular formula is C22H25ClN4O2. The van der Waals surface area contributed by atoms with Gasteiger partial charge < -0.3 is 14.3 Å². The number of likely N-dealkylation sites (N-methyl/N-ethyl adjacent to an activating group) is 1. The predicted molar refractivity (Wildman–Crippen MR) is 113 cm³/mol. The van der Waals surface area contributed by atoms with Gasteiger partial charge in [0.05, 0.1) is 0 Å². The van der Waals surface area contributed by atoms with Crippen LogP contribution in [0.5, 0.6) is 0 Å². The first-order chi connectivity index (χ1) is 14.0. The fourth-order valence-electron chi connectivity index (χ4n) is 2.86. The molecule has 0 spiro atoms. The van der Waals surface area contributed by atoms with Crippen molar-refractivity contribution in [2.24, 2.45) is 0 Å². The zero-order chi connectivity index (χ0) is 20.6. The molecule has 0 fully saturated rings. The zero-order valence-electron chi connectivity index (χ0n) is 16.7. The molecule has 0 aliphatic heterocycles. The van der Waals surface area contributed by atoms with Gasteiger partial charge in [-0.3, -0.25) is 4.79 Å². The van der Waals surface area contributed by atoms with Gasteiger partial charge >= 0.3 is 0 Å². The molecule has 6 nitrogen and oxygen atoms in total. The molecule has 0 N–H and O–H groups in total. The minimum Gasteiger partial charge on any atom is -0.339 e. The van der Waals surface area contributed by atoms with Crippen LogP contribution in [0.25, 0.3) is 11.4 Å². The van der Waals surface area contributed by atoms with Crippen LogP contribution in [0, 0.1) is 0 Å². The summed E-state index contributed by atoms with van der Waals surface area (Å²) in [5.41, 5.74) is 1.94. The van der Waals surface area contributed by atoms with Crippen LogP contribution in [0.2, 0.25) is 5.02 Å². The van der Waals surface area contributed by atoms with E-state index in [0.29, 0.717) is 42.7 Å². The summed E-state index contributed by atoms with van der Waals surface area (Å²) >= 11 is 5.91. The van der Waals surface area contributed by atoms with Crippen molar-refractivity contribution in [3.05, 3.63) is 71.1 Å². The van der Waals surface area contributed by atoms with E-state index in [9.17, 15) is 4.79 Å². The van der Waals surface area contributed by atoms with Crippen molar-refractivity contribution in [1.82, 2.24) is 19.9 Å². The van der Waals surface area contributed by atoms with Crippen LogP contribution < -0.4 is 0 Å². The summed E-state index contributed by atoms with van der Waals surface area (Å²) in [6.07, 6.45) is 0.731. The molecule has 0 saturated carbocycles. The number of hydrogen-bond acceptors (Lipinski definition) is 5. The molecule has 3 rings (SSSR count). The van der Waals surface area contributed by atoms with Crippen LogP contribution in [0.3, 0.4) is 0 Å². The Labute approximate surface area is 176 Å². The lowest BCUT2D eigenvalue weighted by Crippen LogP contribution is -2.36. The van der Waals surface area contributed by atoms with E-state index in [2.05, 4.69) is 15.0 Å². The van der Waals surface area contributed by atoms with Crippen LogP contribution in [-0.2, 0) is 17.8 Å². The van der Waals surface area contributed by atoms with E-state index in [-0.39, 0.29) is 5.91 Å². The average Bonchev–Trinajstić information content (AvgIpc) is 3.19. The van der Waals surface area contributed by atoms with Crippen LogP contribution in [0.4, 0.5) is 0 Å². The molecular weight excluding hydrogens is 388 g/mol. The molecule has 0 aliphatic carbocycles. The monoisotopic (exact) mass is 412 g/mol. The summed E-state index contributed by atoms with van der Waals surface area (Å²) in [6, 6.07) is 17.3. The van der Waals surface area contributed by atoms with Gasteiger partial charge in [-0.1, -0.05) is 47.1 Å². The number of carbonyl (C=O) groups excluding carboxylic acids is 1. The zero-order valence-corrected chi connectivity index (χ0v) is 17.5. The Hall–Kier alpha value is -2.70. The maximum Gasteiger partial charge on any atom is 0.227 e. The Bertz CT molecular complexity index is 910. The number of hydrogen-bond donors (Lipinski definition) is 0. The van der Waals surface area contributed by atoms with Gasteiger partial charge in [0.15, 0.2) is 0 Å². The molecule has 0 bridgehead atoms. The van der Waals surface area contributed by atoms with Gasteiger partial charge in [0.25, 0.3) is 0 Å². The lowest BCUT2D eigenvalue weighted by atomic mass is 10.2. The largest absolute Gasteiger partial charge is 0.339 e. The van der Waals surface area contributed by atoms with Crippen LogP contribution in [-0.4, -0.2) is 53.0 Å². The van der Waals surface area contributed by atoms with Crippen molar-refractivity contribution in [2.75, 3.05) is 27.2 Å². The third kappa shape index (κ3) is 6.41. The van der Waals surface area contributed by atoms with E-state index in [1.165, 1.54) is 0 Å². The molecule has 0 unspecified atom stereocenters. The number of benzene rings is 2. The van der Waals surface area contributed by atoms with Gasteiger partial charge in [-0.15, -0.1) is 0 Å². The van der Waals surface area contributed by atoms with Crippen LogP contribution >= 0.6 is 11.6 Å². The fourth-order valence-corrected chi connectivity index (χ4v) is 2.99. The van der Waals surface area contributed by atoms with E-state index >= 15 is 0 Å². The van der Waals surface area contributed by atoms with E-state index in [4.69, 9.17) is 16.1 Å². The topological polar surface area (TPSA) is 62.5 Å². The van der Waals surface area contributed by atoms with Crippen molar-refractivity contribution in [3.63, 3.8) is 0 Å². The summed E-state index contributed by atoms with van der Waals surface area (Å²) in [7, 11) is 4.00. The predicted octanol–water partition coefficient (Wildman–Crippen LogP) is 3.91. The molecule has 3 aromatic rings. The number of rotatable bonds is 9. The molecule has 29 heavy (non-hydrogen) atoms. The number of aryl methyl sites for hydroxylation is 1. The second-order valence-corrected chi connectivity index (χ2v) is 7.56. The number of carbonyl (C=O) groups is 1. The molecule has 0 saturated heterocycles. The fraction of sp³-hybridized carbons (Fsp3) is 0.318. The van der Waals surface area contributed by atoms with Crippen molar-refractivity contribution < 1.29 is 9.32 Å². The quantitative estimate of drug-likeness (QED) is 0.533. The summed E-state index contributed by atoms with van der Waals surface area (Å²) in [6.45, 7) is 2.06. The minimum atomic E-state index is 0.0712. The summed E-state index contributed by atoms with van der Waals surface area (Å²) in [4.78, 5) is 21.2. The number of aromatic nitrogens is 2. The Morgan fingerprint density at radius 1 is 1.03 bits per heavy atom. The highest BCUT2D eigenvalue weighted by Crippen LogP contribution is 2.19. The van der Waals surface area contributed by atoms with Gasteiger partial charge in [-0.2, -0.15) is 4.98 Å². The molecule has 1 heterocycles. The first-order valence-electron chi connectivity index (χ1n) is 9.56. The SMILES string of the molecule is CN(C)CCN(Cc1ccccc1)C(=O)CCc1nc(-c2ccc(Cl)cc2)no1. The second-order valence-electron chi connectivity index (χ2n) is 7.12. The van der Waals surface area contributed by atoms with Gasteiger partial charge in [0, 0.05) is 43.1 Å². The highest BCUT2D eigenvalue weighted by Gasteiger charge is 2.16. The van der Waals surface area contributed by atoms with Crippen molar-refractivity contribution >= 4 is 17.5 Å². The van der Waals surface area contributed by atoms with E-state index in [0.717, 1.165) is 17.7 Å². The standard InChI is InChI=1S/C22H25ClN4O2/c1-26(2)14-15-27(16-17-6-4-3-5-7-17)21(28)13-12-20-24-22(25-29-20)18-8-10-19(23)11-9-18/h3-11H,12-16H2,1-2H3. The molecule has 2 aromatic carbocycles. The van der Waals surface area contributed by atoms with Crippen LogP contribution in [0.1, 0.15) is 17.9 Å². The molecule has 7 heteroatoms. The average molecular weight is 413 g/mol. The summed E-state index contributed by atoms with van der Waals surface area (Å²) < 4.78 is 5.32. The first-order valence-corrected chi connectivity index (χ1v) is 9.94. The minimum absolute atomic E-state index is 0.0712. The normalized spacial score (nSPS) is 11.0. The number of nitrogens with zero attached hydrogens (tertiary/aromatic N) is 4. The Kier molecular flexibility index (Phi) is 7.38. The molecule has 1 aromatic heterocycles. The molecule has 0 atom stereocenters. The Morgan fingerprint density at radius 2 is 1.76 bits per heavy atom. The van der Waals surface area contributed by atoms with Crippen molar-refractivity contribution in [2.45, 2.75) is 19.4 Å². The number of amides is 1. The second kappa shape index (κ2) is 10.2. The summed E-state index contributed by atoms with van der Waals surface area (Å²) in [5, 5.41) is 4.66. The van der Waals surface area contributed by atoms with E-state index < -0.39 is 0 Å². The summed E-state index contributed by atoms with van der Waals surface area (Å²) in [5.74, 6) is 1.02. The Balaban J connectivity index is 1.61. The smallest absolute Gasteiger partial charge is 0.227 e. The first kappa shape index (κ1) is 21.0. The maximum absolute atomic E-state index is 12.9. The van der Waals surface area contributed by atoms with Crippen molar-refractivity contribution in [3.8, 4) is 11.4 Å².